The van der Waals surface area contributed by atoms with E-state index in [0.29, 0.717) is 17.7 Å². The highest BCUT2D eigenvalue weighted by Gasteiger charge is 2.29. The number of hydrogen-bond acceptors (Lipinski definition) is 4. The number of nitrogens with zero attached hydrogens (tertiary/aromatic N) is 2. The van der Waals surface area contributed by atoms with Gasteiger partial charge in [0.15, 0.2) is 0 Å². The number of carbonyl (C=O) groups is 2. The number of rotatable bonds is 13. The fraction of sp³-hybridized carbons (Fsp3) is 0.481. The molecule has 0 heterocycles. The molecule has 2 amide bonds. The molecule has 0 bridgehead atoms. The monoisotopic (exact) mass is 519 g/mol. The lowest BCUT2D eigenvalue weighted by Gasteiger charge is -2.32. The average Bonchev–Trinajstić information content (AvgIpc) is 2.82. The van der Waals surface area contributed by atoms with Gasteiger partial charge < -0.3 is 10.2 Å². The highest BCUT2D eigenvalue weighted by atomic mass is 32.2. The number of aryl methyl sites for hydroxylation is 1. The van der Waals surface area contributed by atoms with Crippen molar-refractivity contribution in [3.8, 4) is 0 Å². The van der Waals surface area contributed by atoms with E-state index in [-0.39, 0.29) is 49.6 Å². The number of benzene rings is 2. The zero-order valence-electron chi connectivity index (χ0n) is 21.8. The fourth-order valence-electron chi connectivity index (χ4n) is 3.86. The summed E-state index contributed by atoms with van der Waals surface area (Å²) < 4.78 is 39.5. The molecule has 0 aliphatic carbocycles. The van der Waals surface area contributed by atoms with Crippen molar-refractivity contribution in [1.82, 2.24) is 10.2 Å². The Balaban J connectivity index is 2.21. The van der Waals surface area contributed by atoms with Gasteiger partial charge in [-0.1, -0.05) is 43.7 Å². The molecule has 2 atom stereocenters. The molecule has 9 heteroatoms. The molecule has 7 nitrogen and oxygen atoms in total. The molecule has 0 saturated carbocycles. The van der Waals surface area contributed by atoms with Crippen LogP contribution in [0.3, 0.4) is 0 Å². The van der Waals surface area contributed by atoms with Gasteiger partial charge in [-0.3, -0.25) is 13.9 Å². The highest BCUT2D eigenvalue weighted by molar-refractivity contribution is 7.92. The predicted octanol–water partition coefficient (Wildman–Crippen LogP) is 4.40. The quantitative estimate of drug-likeness (QED) is 0.425. The van der Waals surface area contributed by atoms with E-state index in [2.05, 4.69) is 5.32 Å². The number of nitrogens with one attached hydrogen (secondary N) is 1. The van der Waals surface area contributed by atoms with E-state index in [4.69, 9.17) is 0 Å². The van der Waals surface area contributed by atoms with Crippen molar-refractivity contribution in [3.63, 3.8) is 0 Å². The molecule has 198 valence electrons. The molecular weight excluding hydrogens is 481 g/mol. The van der Waals surface area contributed by atoms with Crippen LogP contribution in [0.15, 0.2) is 48.5 Å². The molecule has 0 aromatic heterocycles. The molecule has 2 aromatic rings. The van der Waals surface area contributed by atoms with Crippen LogP contribution in [0.25, 0.3) is 0 Å². The summed E-state index contributed by atoms with van der Waals surface area (Å²) in [4.78, 5) is 27.9. The Labute approximate surface area is 214 Å². The van der Waals surface area contributed by atoms with Crippen molar-refractivity contribution < 1.29 is 22.4 Å². The average molecular weight is 520 g/mol. The van der Waals surface area contributed by atoms with Crippen LogP contribution in [0.4, 0.5) is 10.1 Å². The lowest BCUT2D eigenvalue weighted by Crippen LogP contribution is -2.50. The first kappa shape index (κ1) is 29.3. The van der Waals surface area contributed by atoms with Gasteiger partial charge in [-0.2, -0.15) is 0 Å². The van der Waals surface area contributed by atoms with Gasteiger partial charge in [0.1, 0.15) is 11.9 Å². The molecule has 36 heavy (non-hydrogen) atoms. The van der Waals surface area contributed by atoms with Gasteiger partial charge in [-0.15, -0.1) is 0 Å². The molecule has 0 radical (unpaired) electrons. The maximum atomic E-state index is 13.4. The first-order chi connectivity index (χ1) is 17.0. The van der Waals surface area contributed by atoms with E-state index < -0.39 is 16.1 Å². The molecule has 0 spiro atoms. The molecular formula is C27H38FN3O4S. The molecule has 0 fully saturated rings. The minimum absolute atomic E-state index is 0.0350. The van der Waals surface area contributed by atoms with E-state index in [9.17, 15) is 22.4 Å². The van der Waals surface area contributed by atoms with E-state index in [1.807, 2.05) is 39.8 Å². The molecule has 1 N–H and O–H groups in total. The van der Waals surface area contributed by atoms with Gasteiger partial charge in [0.2, 0.25) is 21.8 Å². The van der Waals surface area contributed by atoms with Crippen LogP contribution in [0.2, 0.25) is 0 Å². The van der Waals surface area contributed by atoms with E-state index >= 15 is 0 Å². The minimum atomic E-state index is -3.54. The van der Waals surface area contributed by atoms with Crippen molar-refractivity contribution in [3.05, 3.63) is 65.5 Å². The third kappa shape index (κ3) is 8.62. The van der Waals surface area contributed by atoms with Crippen LogP contribution >= 0.6 is 0 Å². The molecule has 0 unspecified atom stereocenters. The van der Waals surface area contributed by atoms with Crippen LogP contribution in [0.5, 0.6) is 0 Å². The number of sulfonamides is 1. The fourth-order valence-corrected chi connectivity index (χ4v) is 4.83. The second-order valence-corrected chi connectivity index (χ2v) is 11.1. The van der Waals surface area contributed by atoms with Crippen molar-refractivity contribution in [2.24, 2.45) is 0 Å². The van der Waals surface area contributed by atoms with Gasteiger partial charge >= 0.3 is 0 Å². The Kier molecular flexibility index (Phi) is 10.9. The zero-order chi connectivity index (χ0) is 26.9. The number of hydrogen-bond donors (Lipinski definition) is 1. The van der Waals surface area contributed by atoms with Crippen LogP contribution in [0, 0.1) is 12.7 Å². The van der Waals surface area contributed by atoms with Crippen LogP contribution in [0.1, 0.15) is 57.6 Å². The van der Waals surface area contributed by atoms with Gasteiger partial charge in [0, 0.05) is 25.6 Å². The van der Waals surface area contributed by atoms with Crippen molar-refractivity contribution in [2.45, 2.75) is 72.0 Å². The summed E-state index contributed by atoms with van der Waals surface area (Å²) in [5.41, 5.74) is 2.26. The Morgan fingerprint density at radius 1 is 1.00 bits per heavy atom. The summed E-state index contributed by atoms with van der Waals surface area (Å²) in [7, 11) is -3.54. The Bertz CT molecular complexity index is 1100. The van der Waals surface area contributed by atoms with Crippen LogP contribution in [-0.2, 0) is 26.2 Å². The standard InChI is InChI=1S/C27H38FN3O4S/c1-6-21(4)29-27(33)25(7-2)30(19-22-12-14-23(28)15-13-22)26(32)9-8-18-31(36(5,34)35)24-16-10-20(3)11-17-24/h10-17,21,25H,6-9,18-19H2,1-5H3,(H,29,33)/t21-,25+/m1/s1. The van der Waals surface area contributed by atoms with Crippen LogP contribution < -0.4 is 9.62 Å². The maximum Gasteiger partial charge on any atom is 0.243 e. The summed E-state index contributed by atoms with van der Waals surface area (Å²) >= 11 is 0. The summed E-state index contributed by atoms with van der Waals surface area (Å²) in [5.74, 6) is -0.877. The number of halogens is 1. The first-order valence-electron chi connectivity index (χ1n) is 12.3. The summed E-state index contributed by atoms with van der Waals surface area (Å²) in [6.07, 6.45) is 2.65. The Morgan fingerprint density at radius 3 is 2.14 bits per heavy atom. The Morgan fingerprint density at radius 2 is 1.61 bits per heavy atom. The number of amides is 2. The summed E-state index contributed by atoms with van der Waals surface area (Å²) in [5, 5.41) is 2.95. The molecule has 0 saturated heterocycles. The minimum Gasteiger partial charge on any atom is -0.352 e. The third-order valence-corrected chi connectivity index (χ3v) is 7.32. The SMILES string of the molecule is CC[C@@H](C)NC(=O)[C@H](CC)N(Cc1ccc(F)cc1)C(=O)CCCN(c1ccc(C)cc1)S(C)(=O)=O. The maximum absolute atomic E-state index is 13.4. The number of anilines is 1. The molecule has 2 aromatic carbocycles. The predicted molar refractivity (Wildman–Crippen MR) is 142 cm³/mol. The normalized spacial score (nSPS) is 13.1. The third-order valence-electron chi connectivity index (χ3n) is 6.13. The van der Waals surface area contributed by atoms with Crippen LogP contribution in [-0.4, -0.2) is 50.0 Å². The molecule has 2 rings (SSSR count). The zero-order valence-corrected chi connectivity index (χ0v) is 22.6. The number of carbonyl (C=O) groups excluding carboxylic acids is 2. The van der Waals surface area contributed by atoms with E-state index in [1.54, 1.807) is 24.3 Å². The van der Waals surface area contributed by atoms with E-state index in [0.717, 1.165) is 18.2 Å². The topological polar surface area (TPSA) is 86.8 Å². The summed E-state index contributed by atoms with van der Waals surface area (Å²) in [6.45, 7) is 7.92. The second kappa shape index (κ2) is 13.4. The first-order valence-corrected chi connectivity index (χ1v) is 14.2. The van der Waals surface area contributed by atoms with Crippen molar-refractivity contribution in [2.75, 3.05) is 17.1 Å². The smallest absolute Gasteiger partial charge is 0.243 e. The van der Waals surface area contributed by atoms with Crippen molar-refractivity contribution >= 4 is 27.5 Å². The molecule has 0 aliphatic heterocycles. The molecule has 0 aliphatic rings. The lowest BCUT2D eigenvalue weighted by molar-refractivity contribution is -0.141. The second-order valence-electron chi connectivity index (χ2n) is 9.16. The largest absolute Gasteiger partial charge is 0.352 e. The van der Waals surface area contributed by atoms with Crippen molar-refractivity contribution in [1.29, 1.82) is 0 Å². The van der Waals surface area contributed by atoms with Gasteiger partial charge in [-0.05, 0) is 62.9 Å². The summed E-state index contributed by atoms with van der Waals surface area (Å²) in [6, 6.07) is 12.3. The van der Waals surface area contributed by atoms with Gasteiger partial charge in [-0.25, -0.2) is 12.8 Å². The van der Waals surface area contributed by atoms with Gasteiger partial charge in [0.05, 0.1) is 11.9 Å². The highest BCUT2D eigenvalue weighted by Crippen LogP contribution is 2.20. The lowest BCUT2D eigenvalue weighted by atomic mass is 10.1. The van der Waals surface area contributed by atoms with Gasteiger partial charge in [0.25, 0.3) is 0 Å². The Hall–Kier alpha value is -2.94. The van der Waals surface area contributed by atoms with E-state index in [1.165, 1.54) is 21.3 Å².